The fourth-order valence-corrected chi connectivity index (χ4v) is 3.07. The summed E-state index contributed by atoms with van der Waals surface area (Å²) < 4.78 is 10.9. The van der Waals surface area contributed by atoms with Crippen LogP contribution in [0.4, 0.5) is 0 Å². The fraction of sp³-hybridized carbons (Fsp3) is 0.200. The van der Waals surface area contributed by atoms with Crippen molar-refractivity contribution in [1.29, 1.82) is 0 Å². The molecular weight excluding hydrogens is 348 g/mol. The van der Waals surface area contributed by atoms with E-state index in [0.29, 0.717) is 24.5 Å². The molecule has 5 nitrogen and oxygen atoms in total. The highest BCUT2D eigenvalue weighted by atomic mass is 32.1. The van der Waals surface area contributed by atoms with E-state index < -0.39 is 0 Å². The van der Waals surface area contributed by atoms with E-state index in [1.807, 2.05) is 36.6 Å². The predicted octanol–water partition coefficient (Wildman–Crippen LogP) is 3.97. The Morgan fingerprint density at radius 1 is 1.15 bits per heavy atom. The van der Waals surface area contributed by atoms with Crippen molar-refractivity contribution in [2.75, 3.05) is 7.11 Å². The van der Waals surface area contributed by atoms with Crippen LogP contribution in [-0.4, -0.2) is 18.0 Å². The summed E-state index contributed by atoms with van der Waals surface area (Å²) in [7, 11) is 1.62. The molecule has 26 heavy (non-hydrogen) atoms. The Hall–Kier alpha value is -2.86. The average Bonchev–Trinajstić information content (AvgIpc) is 3.10. The molecule has 0 atom stereocenters. The van der Waals surface area contributed by atoms with Gasteiger partial charge in [0.15, 0.2) is 0 Å². The first-order chi connectivity index (χ1) is 12.6. The van der Waals surface area contributed by atoms with Crippen molar-refractivity contribution in [3.05, 3.63) is 75.7 Å². The zero-order valence-corrected chi connectivity index (χ0v) is 15.5. The van der Waals surface area contributed by atoms with Gasteiger partial charge in [0.25, 0.3) is 5.91 Å². The van der Waals surface area contributed by atoms with E-state index in [2.05, 4.69) is 10.3 Å². The molecule has 0 aliphatic carbocycles. The SMILES string of the molecule is COc1cccc(CNC(=O)c2ccc(OCc3nc(C)cs3)cc2)c1. The van der Waals surface area contributed by atoms with Crippen LogP contribution < -0.4 is 14.8 Å². The maximum Gasteiger partial charge on any atom is 0.251 e. The van der Waals surface area contributed by atoms with Gasteiger partial charge in [0.05, 0.1) is 7.11 Å². The van der Waals surface area contributed by atoms with Crippen LogP contribution in [0.5, 0.6) is 11.5 Å². The van der Waals surface area contributed by atoms with Crippen LogP contribution in [0.3, 0.4) is 0 Å². The van der Waals surface area contributed by atoms with Gasteiger partial charge in [-0.1, -0.05) is 12.1 Å². The minimum Gasteiger partial charge on any atom is -0.497 e. The van der Waals surface area contributed by atoms with Crippen LogP contribution in [0.15, 0.2) is 53.9 Å². The molecule has 1 amide bonds. The number of rotatable bonds is 7. The number of nitrogens with one attached hydrogen (secondary N) is 1. The molecule has 1 aromatic heterocycles. The summed E-state index contributed by atoms with van der Waals surface area (Å²) in [6.45, 7) is 2.83. The summed E-state index contributed by atoms with van der Waals surface area (Å²) in [5.74, 6) is 1.35. The maximum absolute atomic E-state index is 12.3. The summed E-state index contributed by atoms with van der Waals surface area (Å²) >= 11 is 1.57. The molecule has 134 valence electrons. The van der Waals surface area contributed by atoms with Crippen LogP contribution in [0.2, 0.25) is 0 Å². The van der Waals surface area contributed by atoms with Crippen molar-refractivity contribution in [2.45, 2.75) is 20.1 Å². The number of hydrogen-bond acceptors (Lipinski definition) is 5. The lowest BCUT2D eigenvalue weighted by molar-refractivity contribution is 0.0951. The van der Waals surface area contributed by atoms with Gasteiger partial charge in [-0.25, -0.2) is 4.98 Å². The number of aryl methyl sites for hydroxylation is 1. The minimum atomic E-state index is -0.130. The maximum atomic E-state index is 12.3. The molecule has 1 heterocycles. The molecule has 0 spiro atoms. The second kappa shape index (κ2) is 8.49. The summed E-state index contributed by atoms with van der Waals surface area (Å²) in [5, 5.41) is 5.83. The summed E-state index contributed by atoms with van der Waals surface area (Å²) in [4.78, 5) is 16.6. The Kier molecular flexibility index (Phi) is 5.86. The van der Waals surface area contributed by atoms with Gasteiger partial charge < -0.3 is 14.8 Å². The lowest BCUT2D eigenvalue weighted by Gasteiger charge is -2.08. The summed E-state index contributed by atoms with van der Waals surface area (Å²) in [6, 6.07) is 14.7. The van der Waals surface area contributed by atoms with E-state index in [1.165, 1.54) is 0 Å². The zero-order valence-electron chi connectivity index (χ0n) is 14.7. The first-order valence-corrected chi connectivity index (χ1v) is 9.07. The van der Waals surface area contributed by atoms with Gasteiger partial charge in [-0.15, -0.1) is 11.3 Å². The number of thiazole rings is 1. The van der Waals surface area contributed by atoms with Crippen LogP contribution >= 0.6 is 11.3 Å². The summed E-state index contributed by atoms with van der Waals surface area (Å²) in [6.07, 6.45) is 0. The van der Waals surface area contributed by atoms with E-state index in [0.717, 1.165) is 22.0 Å². The number of ether oxygens (including phenoxy) is 2. The smallest absolute Gasteiger partial charge is 0.251 e. The monoisotopic (exact) mass is 368 g/mol. The number of carbonyl (C=O) groups excluding carboxylic acids is 1. The average molecular weight is 368 g/mol. The van der Waals surface area contributed by atoms with E-state index in [9.17, 15) is 4.79 Å². The molecule has 0 radical (unpaired) electrons. The molecule has 0 aliphatic rings. The van der Waals surface area contributed by atoms with Crippen LogP contribution in [0.1, 0.15) is 26.6 Å². The van der Waals surface area contributed by atoms with E-state index in [1.54, 1.807) is 42.7 Å². The topological polar surface area (TPSA) is 60.5 Å². The third kappa shape index (κ3) is 4.83. The quantitative estimate of drug-likeness (QED) is 0.685. The van der Waals surface area contributed by atoms with Gasteiger partial charge >= 0.3 is 0 Å². The van der Waals surface area contributed by atoms with Gasteiger partial charge in [-0.3, -0.25) is 4.79 Å². The van der Waals surface area contributed by atoms with Crippen LogP contribution in [-0.2, 0) is 13.2 Å². The van der Waals surface area contributed by atoms with Crippen molar-refractivity contribution < 1.29 is 14.3 Å². The van der Waals surface area contributed by atoms with Gasteiger partial charge in [0.2, 0.25) is 0 Å². The second-order valence-electron chi connectivity index (χ2n) is 5.73. The molecule has 1 N–H and O–H groups in total. The molecule has 3 aromatic rings. The molecule has 0 aliphatic heterocycles. The molecule has 3 rings (SSSR count). The third-order valence-corrected chi connectivity index (χ3v) is 4.67. The number of benzene rings is 2. The number of methoxy groups -OCH3 is 1. The Morgan fingerprint density at radius 2 is 1.96 bits per heavy atom. The van der Waals surface area contributed by atoms with Gasteiger partial charge in [0.1, 0.15) is 23.1 Å². The highest BCUT2D eigenvalue weighted by Crippen LogP contribution is 2.17. The molecule has 0 bridgehead atoms. The largest absolute Gasteiger partial charge is 0.497 e. The molecule has 0 fully saturated rings. The number of hydrogen-bond donors (Lipinski definition) is 1. The Bertz CT molecular complexity index is 875. The van der Waals surface area contributed by atoms with Gasteiger partial charge in [-0.05, 0) is 48.9 Å². The minimum absolute atomic E-state index is 0.130. The standard InChI is InChI=1S/C20H20N2O3S/c1-14-13-26-19(22-14)12-25-17-8-6-16(7-9-17)20(23)21-11-15-4-3-5-18(10-15)24-2/h3-10,13H,11-12H2,1-2H3,(H,21,23). The van der Waals surface area contributed by atoms with E-state index >= 15 is 0 Å². The second-order valence-corrected chi connectivity index (χ2v) is 6.67. The Balaban J connectivity index is 1.53. The highest BCUT2D eigenvalue weighted by molar-refractivity contribution is 7.09. The first kappa shape index (κ1) is 17.9. The highest BCUT2D eigenvalue weighted by Gasteiger charge is 2.07. The number of aromatic nitrogens is 1. The normalized spacial score (nSPS) is 10.4. The van der Waals surface area contributed by atoms with Crippen molar-refractivity contribution in [3.63, 3.8) is 0 Å². The molecule has 0 saturated carbocycles. The van der Waals surface area contributed by atoms with Crippen molar-refractivity contribution >= 4 is 17.2 Å². The first-order valence-electron chi connectivity index (χ1n) is 8.19. The Morgan fingerprint density at radius 3 is 2.65 bits per heavy atom. The van der Waals surface area contributed by atoms with Crippen LogP contribution in [0.25, 0.3) is 0 Å². The van der Waals surface area contributed by atoms with E-state index in [-0.39, 0.29) is 5.91 Å². The lowest BCUT2D eigenvalue weighted by atomic mass is 10.2. The van der Waals surface area contributed by atoms with Gasteiger partial charge in [0, 0.05) is 23.2 Å². The predicted molar refractivity (Wildman–Crippen MR) is 102 cm³/mol. The van der Waals surface area contributed by atoms with Gasteiger partial charge in [-0.2, -0.15) is 0 Å². The van der Waals surface area contributed by atoms with Crippen LogP contribution in [0, 0.1) is 6.92 Å². The number of carbonyl (C=O) groups is 1. The fourth-order valence-electron chi connectivity index (χ4n) is 2.38. The van der Waals surface area contributed by atoms with Crippen molar-refractivity contribution in [3.8, 4) is 11.5 Å². The number of nitrogens with zero attached hydrogens (tertiary/aromatic N) is 1. The van der Waals surface area contributed by atoms with Crippen molar-refractivity contribution in [1.82, 2.24) is 10.3 Å². The number of amides is 1. The zero-order chi connectivity index (χ0) is 18.4. The third-order valence-electron chi connectivity index (χ3n) is 3.73. The molecule has 2 aromatic carbocycles. The summed E-state index contributed by atoms with van der Waals surface area (Å²) in [5.41, 5.74) is 2.57. The van der Waals surface area contributed by atoms with Crippen molar-refractivity contribution in [2.24, 2.45) is 0 Å². The lowest BCUT2D eigenvalue weighted by Crippen LogP contribution is -2.22. The molecule has 0 saturated heterocycles. The molecular formula is C20H20N2O3S. The van der Waals surface area contributed by atoms with E-state index in [4.69, 9.17) is 9.47 Å². The molecule has 0 unspecified atom stereocenters. The Labute approximate surface area is 156 Å². The molecule has 6 heteroatoms.